The number of amides is 1. The molecule has 0 fully saturated rings. The summed E-state index contributed by atoms with van der Waals surface area (Å²) in [5.74, 6) is -0.133. The average molecular weight is 208 g/mol. The predicted molar refractivity (Wildman–Crippen MR) is 53.5 cm³/mol. The van der Waals surface area contributed by atoms with Crippen LogP contribution >= 0.6 is 11.3 Å². The van der Waals surface area contributed by atoms with Crippen molar-refractivity contribution in [2.75, 3.05) is 5.32 Å². The van der Waals surface area contributed by atoms with Crippen LogP contribution in [0.3, 0.4) is 0 Å². The first kappa shape index (κ1) is 8.96. The fourth-order valence-corrected chi connectivity index (χ4v) is 1.80. The highest BCUT2D eigenvalue weighted by atomic mass is 32.1. The van der Waals surface area contributed by atoms with Gasteiger partial charge in [-0.05, 0) is 23.9 Å². The molecule has 4 nitrogen and oxygen atoms in total. The van der Waals surface area contributed by atoms with E-state index in [1.165, 1.54) is 23.8 Å². The van der Waals surface area contributed by atoms with E-state index >= 15 is 0 Å². The van der Waals surface area contributed by atoms with Gasteiger partial charge in [0.05, 0.1) is 11.1 Å². The van der Waals surface area contributed by atoms with Crippen molar-refractivity contribution in [1.29, 1.82) is 0 Å². The summed E-state index contributed by atoms with van der Waals surface area (Å²) in [4.78, 5) is 12.2. The molecule has 0 aliphatic heterocycles. The second kappa shape index (κ2) is 3.63. The lowest BCUT2D eigenvalue weighted by molar-refractivity contribution is 0.103. The molecule has 2 heterocycles. The first-order valence-electron chi connectivity index (χ1n) is 4.01. The maximum Gasteiger partial charge on any atom is 0.265 e. The van der Waals surface area contributed by atoms with E-state index in [1.807, 2.05) is 18.4 Å². The summed E-state index contributed by atoms with van der Waals surface area (Å²) in [5.41, 5.74) is 1.66. The molecule has 72 valence electrons. The number of aromatic nitrogens is 1. The third-order valence-corrected chi connectivity index (χ3v) is 2.69. The Morgan fingerprint density at radius 2 is 2.50 bits per heavy atom. The molecule has 0 spiro atoms. The van der Waals surface area contributed by atoms with Gasteiger partial charge in [0, 0.05) is 0 Å². The van der Waals surface area contributed by atoms with Crippen molar-refractivity contribution < 1.29 is 9.32 Å². The minimum atomic E-state index is -0.133. The van der Waals surface area contributed by atoms with Crippen LogP contribution in [0.1, 0.15) is 15.2 Å². The summed E-state index contributed by atoms with van der Waals surface area (Å²) < 4.78 is 4.60. The van der Waals surface area contributed by atoms with Gasteiger partial charge >= 0.3 is 0 Å². The Hall–Kier alpha value is -1.62. The van der Waals surface area contributed by atoms with Crippen LogP contribution in [0, 0.1) is 6.92 Å². The first-order valence-corrected chi connectivity index (χ1v) is 4.89. The largest absolute Gasteiger partial charge is 0.363 e. The molecule has 0 saturated heterocycles. The lowest BCUT2D eigenvalue weighted by atomic mass is 10.3. The van der Waals surface area contributed by atoms with Crippen molar-refractivity contribution in [1.82, 2.24) is 5.16 Å². The van der Waals surface area contributed by atoms with E-state index < -0.39 is 0 Å². The monoisotopic (exact) mass is 208 g/mol. The topological polar surface area (TPSA) is 55.1 Å². The lowest BCUT2D eigenvalue weighted by Crippen LogP contribution is -2.09. The van der Waals surface area contributed by atoms with E-state index in [4.69, 9.17) is 0 Å². The molecule has 14 heavy (non-hydrogen) atoms. The van der Waals surface area contributed by atoms with Gasteiger partial charge in [-0.15, -0.1) is 11.3 Å². The second-order valence-corrected chi connectivity index (χ2v) is 3.77. The van der Waals surface area contributed by atoms with Crippen molar-refractivity contribution in [3.05, 3.63) is 34.3 Å². The molecule has 0 atom stereocenters. The molecule has 0 aromatic carbocycles. The quantitative estimate of drug-likeness (QED) is 0.823. The molecule has 2 rings (SSSR count). The molecule has 0 aliphatic carbocycles. The van der Waals surface area contributed by atoms with Crippen molar-refractivity contribution in [3.63, 3.8) is 0 Å². The molecule has 0 unspecified atom stereocenters. The van der Waals surface area contributed by atoms with E-state index in [-0.39, 0.29) is 5.91 Å². The lowest BCUT2D eigenvalue weighted by Gasteiger charge is -1.96. The summed E-state index contributed by atoms with van der Waals surface area (Å²) in [6.07, 6.45) is 2.84. The molecule has 0 bridgehead atoms. The molecule has 1 N–H and O–H groups in total. The van der Waals surface area contributed by atoms with Crippen LogP contribution in [0.15, 0.2) is 28.4 Å². The number of hydrogen-bond acceptors (Lipinski definition) is 4. The fourth-order valence-electron chi connectivity index (χ4n) is 1.01. The highest BCUT2D eigenvalue weighted by molar-refractivity contribution is 7.12. The molecule has 0 radical (unpaired) electrons. The highest BCUT2D eigenvalue weighted by Crippen LogP contribution is 2.15. The number of carbonyl (C=O) groups is 1. The summed E-state index contributed by atoms with van der Waals surface area (Å²) >= 11 is 1.42. The van der Waals surface area contributed by atoms with Crippen molar-refractivity contribution >= 4 is 22.9 Å². The number of hydrogen-bond donors (Lipinski definition) is 1. The molecule has 0 saturated carbocycles. The third kappa shape index (κ3) is 1.82. The number of carbonyl (C=O) groups excluding carboxylic acids is 1. The Bertz CT molecular complexity index is 433. The molecule has 0 aliphatic rings. The standard InChI is InChI=1S/C9H8N2O2S/c1-6-2-8(14-5-6)9(12)11-7-3-10-13-4-7/h2-5H,1H3,(H,11,12). The van der Waals surface area contributed by atoms with Gasteiger partial charge in [-0.2, -0.15) is 0 Å². The Morgan fingerprint density at radius 1 is 1.64 bits per heavy atom. The zero-order chi connectivity index (χ0) is 9.97. The Balaban J connectivity index is 2.10. The zero-order valence-corrected chi connectivity index (χ0v) is 8.30. The van der Waals surface area contributed by atoms with Crippen molar-refractivity contribution in [2.24, 2.45) is 0 Å². The SMILES string of the molecule is Cc1csc(C(=O)Nc2cnoc2)c1. The molecule has 2 aromatic heterocycles. The van der Waals surface area contributed by atoms with Gasteiger partial charge in [-0.25, -0.2) is 0 Å². The molecular formula is C9H8N2O2S. The van der Waals surface area contributed by atoms with Crippen molar-refractivity contribution in [3.8, 4) is 0 Å². The van der Waals surface area contributed by atoms with Gasteiger partial charge < -0.3 is 9.84 Å². The van der Waals surface area contributed by atoms with Gasteiger partial charge in [-0.3, -0.25) is 4.79 Å². The maximum absolute atomic E-state index is 11.6. The van der Waals surface area contributed by atoms with Gasteiger partial charge in [0.15, 0.2) is 0 Å². The number of thiophene rings is 1. The summed E-state index contributed by atoms with van der Waals surface area (Å²) in [6.45, 7) is 1.95. The summed E-state index contributed by atoms with van der Waals surface area (Å²) in [5, 5.41) is 8.09. The van der Waals surface area contributed by atoms with Crippen LogP contribution in [0.4, 0.5) is 5.69 Å². The van der Waals surface area contributed by atoms with Gasteiger partial charge in [0.1, 0.15) is 12.0 Å². The number of anilines is 1. The molecule has 5 heteroatoms. The van der Waals surface area contributed by atoms with Gasteiger partial charge in [-0.1, -0.05) is 5.16 Å². The Morgan fingerprint density at radius 3 is 3.07 bits per heavy atom. The summed E-state index contributed by atoms with van der Waals surface area (Å²) in [7, 11) is 0. The Kier molecular flexibility index (Phi) is 2.32. The van der Waals surface area contributed by atoms with Crippen LogP contribution in [0.25, 0.3) is 0 Å². The van der Waals surface area contributed by atoms with E-state index in [2.05, 4.69) is 15.0 Å². The van der Waals surface area contributed by atoms with E-state index in [0.717, 1.165) is 5.56 Å². The zero-order valence-electron chi connectivity index (χ0n) is 7.48. The second-order valence-electron chi connectivity index (χ2n) is 2.86. The minimum Gasteiger partial charge on any atom is -0.363 e. The van der Waals surface area contributed by atoms with Crippen LogP contribution < -0.4 is 5.32 Å². The number of nitrogens with one attached hydrogen (secondary N) is 1. The third-order valence-electron chi connectivity index (χ3n) is 1.64. The number of rotatable bonds is 2. The molecule has 2 aromatic rings. The van der Waals surface area contributed by atoms with Crippen LogP contribution in [0.2, 0.25) is 0 Å². The van der Waals surface area contributed by atoms with Crippen LogP contribution in [0.5, 0.6) is 0 Å². The van der Waals surface area contributed by atoms with Crippen molar-refractivity contribution in [2.45, 2.75) is 6.92 Å². The average Bonchev–Trinajstić information content (AvgIpc) is 2.75. The Labute approximate surface area is 84.5 Å². The molecular weight excluding hydrogens is 200 g/mol. The fraction of sp³-hybridized carbons (Fsp3) is 0.111. The number of aryl methyl sites for hydroxylation is 1. The highest BCUT2D eigenvalue weighted by Gasteiger charge is 2.08. The van der Waals surface area contributed by atoms with Gasteiger partial charge in [0.25, 0.3) is 5.91 Å². The first-order chi connectivity index (χ1) is 6.75. The molecule has 1 amide bonds. The van der Waals surface area contributed by atoms with E-state index in [0.29, 0.717) is 10.6 Å². The van der Waals surface area contributed by atoms with E-state index in [1.54, 1.807) is 0 Å². The predicted octanol–water partition coefficient (Wildman–Crippen LogP) is 2.30. The number of nitrogens with zero attached hydrogens (tertiary/aromatic N) is 1. The smallest absolute Gasteiger partial charge is 0.265 e. The van der Waals surface area contributed by atoms with Gasteiger partial charge in [0.2, 0.25) is 0 Å². The van der Waals surface area contributed by atoms with Crippen LogP contribution in [-0.2, 0) is 0 Å². The van der Waals surface area contributed by atoms with Crippen LogP contribution in [-0.4, -0.2) is 11.1 Å². The minimum absolute atomic E-state index is 0.133. The van der Waals surface area contributed by atoms with E-state index in [9.17, 15) is 4.79 Å². The summed E-state index contributed by atoms with van der Waals surface area (Å²) in [6, 6.07) is 1.84. The maximum atomic E-state index is 11.6. The normalized spacial score (nSPS) is 10.1.